The van der Waals surface area contributed by atoms with Gasteiger partial charge in [-0.15, -0.1) is 0 Å². The maximum atomic E-state index is 11.3. The molecule has 31 heavy (non-hydrogen) atoms. The first-order valence-corrected chi connectivity index (χ1v) is 11.9. The largest absolute Gasteiger partial charge is 0.504 e. The number of likely N-dealkylation sites (tertiary alicyclic amines) is 1. The lowest BCUT2D eigenvalue weighted by Gasteiger charge is -2.59. The Morgan fingerprint density at radius 3 is 2.87 bits per heavy atom. The number of H-pyrrole nitrogens is 1. The van der Waals surface area contributed by atoms with Crippen molar-refractivity contribution < 1.29 is 9.84 Å². The zero-order valence-electron chi connectivity index (χ0n) is 18.2. The van der Waals surface area contributed by atoms with Crippen molar-refractivity contribution in [1.29, 1.82) is 0 Å². The molecular formula is C27H30N2O2. The molecule has 1 saturated heterocycles. The van der Waals surface area contributed by atoms with Crippen molar-refractivity contribution in [2.24, 2.45) is 11.8 Å². The summed E-state index contributed by atoms with van der Waals surface area (Å²) in [5.74, 6) is 2.45. The van der Waals surface area contributed by atoms with E-state index in [9.17, 15) is 5.11 Å². The van der Waals surface area contributed by atoms with Gasteiger partial charge in [0.25, 0.3) is 0 Å². The predicted molar refractivity (Wildman–Crippen MR) is 122 cm³/mol. The SMILES string of the molecule is COc1ccc2c(c1O)[C@@]13CCN(CC4CC4)C(C2)[C@@H]1Cc1c([nH]c2ccccc12)C3. The number of hydrogen-bond donors (Lipinski definition) is 2. The van der Waals surface area contributed by atoms with E-state index < -0.39 is 0 Å². The van der Waals surface area contributed by atoms with Gasteiger partial charge in [-0.25, -0.2) is 0 Å². The summed E-state index contributed by atoms with van der Waals surface area (Å²) in [6, 6.07) is 13.5. The summed E-state index contributed by atoms with van der Waals surface area (Å²) in [6.45, 7) is 2.40. The third-order valence-electron chi connectivity index (χ3n) is 8.87. The van der Waals surface area contributed by atoms with Crippen LogP contribution in [-0.2, 0) is 24.7 Å². The maximum absolute atomic E-state index is 11.3. The number of hydrogen-bond acceptors (Lipinski definition) is 3. The van der Waals surface area contributed by atoms with Crippen LogP contribution in [0.4, 0.5) is 0 Å². The minimum Gasteiger partial charge on any atom is -0.504 e. The number of aromatic nitrogens is 1. The minimum atomic E-state index is -0.00913. The molecule has 2 bridgehead atoms. The number of phenols is 1. The van der Waals surface area contributed by atoms with Crippen LogP contribution in [0.5, 0.6) is 11.5 Å². The number of phenolic OH excluding ortho intramolecular Hbond substituents is 1. The lowest BCUT2D eigenvalue weighted by molar-refractivity contribution is 0.00387. The second-order valence-corrected chi connectivity index (χ2v) is 10.4. The van der Waals surface area contributed by atoms with Crippen molar-refractivity contribution in [2.45, 2.75) is 50.0 Å². The van der Waals surface area contributed by atoms with E-state index >= 15 is 0 Å². The smallest absolute Gasteiger partial charge is 0.161 e. The number of rotatable bonds is 3. The van der Waals surface area contributed by atoms with Gasteiger partial charge < -0.3 is 14.8 Å². The van der Waals surface area contributed by atoms with Crippen molar-refractivity contribution in [1.82, 2.24) is 9.88 Å². The summed E-state index contributed by atoms with van der Waals surface area (Å²) in [5.41, 5.74) is 6.65. The molecule has 4 nitrogen and oxygen atoms in total. The summed E-state index contributed by atoms with van der Waals surface area (Å²) in [7, 11) is 1.66. The second kappa shape index (κ2) is 6.29. The van der Waals surface area contributed by atoms with E-state index in [0.717, 1.165) is 38.1 Å². The van der Waals surface area contributed by atoms with Crippen LogP contribution in [0, 0.1) is 11.8 Å². The van der Waals surface area contributed by atoms with E-state index in [1.165, 1.54) is 52.7 Å². The van der Waals surface area contributed by atoms with E-state index in [1.54, 1.807) is 7.11 Å². The van der Waals surface area contributed by atoms with Crippen molar-refractivity contribution >= 4 is 10.9 Å². The lowest BCUT2D eigenvalue weighted by Crippen LogP contribution is -2.62. The van der Waals surface area contributed by atoms with Crippen molar-refractivity contribution in [3.63, 3.8) is 0 Å². The van der Waals surface area contributed by atoms with Gasteiger partial charge in [0.05, 0.1) is 7.11 Å². The van der Waals surface area contributed by atoms with Gasteiger partial charge in [-0.05, 0) is 80.2 Å². The molecule has 7 rings (SSSR count). The number of aromatic hydroxyl groups is 1. The third kappa shape index (κ3) is 2.46. The third-order valence-corrected chi connectivity index (χ3v) is 8.87. The molecule has 4 aliphatic rings. The normalized spacial score (nSPS) is 29.3. The highest BCUT2D eigenvalue weighted by Gasteiger charge is 2.57. The molecule has 1 aromatic heterocycles. The zero-order valence-corrected chi connectivity index (χ0v) is 18.2. The predicted octanol–water partition coefficient (Wildman–Crippen LogP) is 4.58. The number of piperidine rings is 1. The van der Waals surface area contributed by atoms with Crippen LogP contribution in [0.25, 0.3) is 10.9 Å². The molecule has 0 spiro atoms. The van der Waals surface area contributed by atoms with Gasteiger partial charge in [0, 0.05) is 40.2 Å². The van der Waals surface area contributed by atoms with E-state index in [-0.39, 0.29) is 5.41 Å². The number of fused-ring (bicyclic) bond motifs is 4. The summed E-state index contributed by atoms with van der Waals surface area (Å²) < 4.78 is 5.56. The van der Waals surface area contributed by atoms with Crippen LogP contribution in [0.2, 0.25) is 0 Å². The molecule has 1 saturated carbocycles. The Bertz CT molecular complexity index is 1190. The summed E-state index contributed by atoms with van der Waals surface area (Å²) >= 11 is 0. The number of ether oxygens (including phenoxy) is 1. The number of aromatic amines is 1. The highest BCUT2D eigenvalue weighted by atomic mass is 16.5. The monoisotopic (exact) mass is 414 g/mol. The summed E-state index contributed by atoms with van der Waals surface area (Å²) in [6.07, 6.45) is 7.05. The lowest BCUT2D eigenvalue weighted by atomic mass is 9.52. The van der Waals surface area contributed by atoms with Gasteiger partial charge >= 0.3 is 0 Å². The molecule has 0 amide bonds. The first-order valence-electron chi connectivity index (χ1n) is 11.9. The van der Waals surface area contributed by atoms with Crippen LogP contribution in [0.15, 0.2) is 36.4 Å². The average molecular weight is 415 g/mol. The molecule has 2 fully saturated rings. The van der Waals surface area contributed by atoms with E-state index in [2.05, 4.69) is 40.2 Å². The Morgan fingerprint density at radius 2 is 2.03 bits per heavy atom. The highest BCUT2D eigenvalue weighted by Crippen LogP contribution is 2.58. The van der Waals surface area contributed by atoms with Gasteiger partial charge in [0.15, 0.2) is 11.5 Å². The maximum Gasteiger partial charge on any atom is 0.161 e. The molecule has 3 atom stereocenters. The van der Waals surface area contributed by atoms with Crippen LogP contribution in [-0.4, -0.2) is 41.2 Å². The van der Waals surface area contributed by atoms with Crippen molar-refractivity contribution in [3.05, 3.63) is 58.8 Å². The molecular weight excluding hydrogens is 384 g/mol. The average Bonchev–Trinajstić information content (AvgIpc) is 3.53. The standard InChI is InChI=1S/C27H30N2O2/c1-31-24-9-8-17-12-23-20-13-19-18-4-2-3-5-21(18)28-22(19)14-27(20,25(17)26(24)30)10-11-29(23)15-16-6-7-16/h2-5,8-9,16,20,23,28,30H,6-7,10-15H2,1H3/t20-,23?,27+/m0/s1. The molecule has 2 N–H and O–H groups in total. The molecule has 2 aromatic carbocycles. The van der Waals surface area contributed by atoms with Crippen molar-refractivity contribution in [3.8, 4) is 11.5 Å². The fourth-order valence-corrected chi connectivity index (χ4v) is 7.30. The van der Waals surface area contributed by atoms with E-state index in [1.807, 2.05) is 6.07 Å². The molecule has 2 heterocycles. The molecule has 1 aliphatic heterocycles. The highest BCUT2D eigenvalue weighted by molar-refractivity contribution is 5.85. The van der Waals surface area contributed by atoms with Gasteiger partial charge in [0.2, 0.25) is 0 Å². The first kappa shape index (κ1) is 18.1. The quantitative estimate of drug-likeness (QED) is 0.660. The minimum absolute atomic E-state index is 0.00913. The number of nitrogens with zero attached hydrogens (tertiary/aromatic N) is 1. The van der Waals surface area contributed by atoms with Crippen LogP contribution in [0.1, 0.15) is 41.6 Å². The summed E-state index contributed by atoms with van der Waals surface area (Å²) in [5, 5.41) is 12.7. The number of benzene rings is 2. The molecule has 4 heteroatoms. The fraction of sp³-hybridized carbons (Fsp3) is 0.481. The van der Waals surface area contributed by atoms with Crippen LogP contribution >= 0.6 is 0 Å². The molecule has 3 aliphatic carbocycles. The first-order chi connectivity index (χ1) is 15.2. The zero-order chi connectivity index (χ0) is 20.7. The molecule has 160 valence electrons. The fourth-order valence-electron chi connectivity index (χ4n) is 7.30. The summed E-state index contributed by atoms with van der Waals surface area (Å²) in [4.78, 5) is 6.56. The Morgan fingerprint density at radius 1 is 1.16 bits per heavy atom. The second-order valence-electron chi connectivity index (χ2n) is 10.4. The van der Waals surface area contributed by atoms with E-state index in [4.69, 9.17) is 4.74 Å². The molecule has 3 aromatic rings. The number of methoxy groups -OCH3 is 1. The van der Waals surface area contributed by atoms with Gasteiger partial charge in [0.1, 0.15) is 0 Å². The van der Waals surface area contributed by atoms with Gasteiger partial charge in [-0.1, -0.05) is 24.3 Å². The van der Waals surface area contributed by atoms with Crippen LogP contribution in [0.3, 0.4) is 0 Å². The van der Waals surface area contributed by atoms with E-state index in [0.29, 0.717) is 23.5 Å². The van der Waals surface area contributed by atoms with Gasteiger partial charge in [-0.2, -0.15) is 0 Å². The number of nitrogens with one attached hydrogen (secondary N) is 1. The topological polar surface area (TPSA) is 48.5 Å². The molecule has 1 unspecified atom stereocenters. The Kier molecular flexibility index (Phi) is 3.68. The number of para-hydroxylation sites is 1. The Balaban J connectivity index is 1.43. The van der Waals surface area contributed by atoms with Crippen molar-refractivity contribution in [2.75, 3.05) is 20.2 Å². The Labute approximate surface area is 183 Å². The van der Waals surface area contributed by atoms with Gasteiger partial charge in [-0.3, -0.25) is 4.90 Å². The van der Waals surface area contributed by atoms with Crippen LogP contribution < -0.4 is 4.74 Å². The molecule has 0 radical (unpaired) electrons. The Hall–Kier alpha value is -2.46.